The van der Waals surface area contributed by atoms with Crippen molar-refractivity contribution in [1.29, 1.82) is 0 Å². The molecule has 2 heterocycles. The van der Waals surface area contributed by atoms with Gasteiger partial charge in [-0.1, -0.05) is 0 Å². The van der Waals surface area contributed by atoms with Crippen molar-refractivity contribution in [2.75, 3.05) is 51.8 Å². The molecule has 0 radical (unpaired) electrons. The van der Waals surface area contributed by atoms with Crippen LogP contribution in [-0.4, -0.2) is 71.6 Å². The molecule has 1 saturated heterocycles. The molecule has 0 bridgehead atoms. The third-order valence-corrected chi connectivity index (χ3v) is 5.32. The summed E-state index contributed by atoms with van der Waals surface area (Å²) < 4.78 is 31.8. The molecule has 2 unspecified atom stereocenters. The van der Waals surface area contributed by atoms with E-state index >= 15 is 0 Å². The van der Waals surface area contributed by atoms with E-state index in [0.29, 0.717) is 24.1 Å². The molecule has 28 heavy (non-hydrogen) atoms. The number of pyridine rings is 1. The molecule has 154 valence electrons. The average Bonchev–Trinajstić information content (AvgIpc) is 2.70. The monoisotopic (exact) mass is 408 g/mol. The molecule has 2 atom stereocenters. The zero-order valence-corrected chi connectivity index (χ0v) is 17.1. The predicted octanol–water partition coefficient (Wildman–Crippen LogP) is 0.651. The maximum Gasteiger partial charge on any atom is 0.162 e. The SMILES string of the molecule is COc1cc2nccc(N3CCN(CCNNS(=O)[O-])C(C)C3)c2cc1OC. The van der Waals surface area contributed by atoms with Crippen LogP contribution >= 0.6 is 0 Å². The molecule has 0 aliphatic carbocycles. The number of hydrogen-bond acceptors (Lipinski definition) is 8. The lowest BCUT2D eigenvalue weighted by Gasteiger charge is -2.41. The Balaban J connectivity index is 1.72. The number of fused-ring (bicyclic) bond motifs is 1. The first-order valence-corrected chi connectivity index (χ1v) is 10.2. The minimum Gasteiger partial charge on any atom is -0.759 e. The van der Waals surface area contributed by atoms with Crippen molar-refractivity contribution in [3.63, 3.8) is 0 Å². The Bertz CT molecular complexity index is 837. The summed E-state index contributed by atoms with van der Waals surface area (Å²) in [5, 5.41) is 1.03. The van der Waals surface area contributed by atoms with E-state index in [2.05, 4.69) is 32.0 Å². The van der Waals surface area contributed by atoms with Gasteiger partial charge in [0.2, 0.25) is 0 Å². The summed E-state index contributed by atoms with van der Waals surface area (Å²) in [6.07, 6.45) is 1.82. The van der Waals surface area contributed by atoms with Crippen LogP contribution < -0.4 is 24.6 Å². The molecule has 1 aromatic carbocycles. The summed E-state index contributed by atoms with van der Waals surface area (Å²) in [6, 6.07) is 6.24. The summed E-state index contributed by atoms with van der Waals surface area (Å²) in [6.45, 7) is 6.13. The Hall–Kier alpha value is -1.98. The predicted molar refractivity (Wildman–Crippen MR) is 108 cm³/mol. The van der Waals surface area contributed by atoms with E-state index in [9.17, 15) is 8.76 Å². The molecule has 2 aromatic rings. The topological polar surface area (TPSA) is 102 Å². The van der Waals surface area contributed by atoms with Gasteiger partial charge in [0, 0.05) is 73.4 Å². The van der Waals surface area contributed by atoms with Crippen molar-refractivity contribution >= 4 is 27.9 Å². The molecular formula is C18H26N5O4S-. The molecule has 0 spiro atoms. The summed E-state index contributed by atoms with van der Waals surface area (Å²) in [4.78, 5) is 11.4. The van der Waals surface area contributed by atoms with Crippen LogP contribution in [0.1, 0.15) is 6.92 Å². The maximum absolute atomic E-state index is 10.5. The number of piperazine rings is 1. The molecule has 10 heteroatoms. The van der Waals surface area contributed by atoms with E-state index < -0.39 is 11.3 Å². The molecule has 0 saturated carbocycles. The van der Waals surface area contributed by atoms with Crippen LogP contribution in [0.4, 0.5) is 5.69 Å². The molecule has 1 fully saturated rings. The Morgan fingerprint density at radius 3 is 2.71 bits per heavy atom. The van der Waals surface area contributed by atoms with E-state index in [1.807, 2.05) is 24.4 Å². The summed E-state index contributed by atoms with van der Waals surface area (Å²) >= 11 is -2.29. The average molecular weight is 409 g/mol. The van der Waals surface area contributed by atoms with Gasteiger partial charge in [0.15, 0.2) is 11.5 Å². The highest BCUT2D eigenvalue weighted by Crippen LogP contribution is 2.36. The zero-order valence-electron chi connectivity index (χ0n) is 16.3. The Morgan fingerprint density at radius 1 is 1.29 bits per heavy atom. The molecule has 1 aliphatic heterocycles. The number of hydrazine groups is 1. The van der Waals surface area contributed by atoms with Crippen molar-refractivity contribution in [2.45, 2.75) is 13.0 Å². The van der Waals surface area contributed by atoms with E-state index in [0.717, 1.165) is 42.8 Å². The van der Waals surface area contributed by atoms with Crippen molar-refractivity contribution in [3.05, 3.63) is 24.4 Å². The second-order valence-corrected chi connectivity index (χ2v) is 7.32. The second kappa shape index (κ2) is 9.48. The fourth-order valence-electron chi connectivity index (χ4n) is 3.59. The summed E-state index contributed by atoms with van der Waals surface area (Å²) in [5.41, 5.74) is 4.68. The number of hydrogen-bond donors (Lipinski definition) is 2. The maximum atomic E-state index is 10.5. The zero-order chi connectivity index (χ0) is 20.1. The number of ether oxygens (including phenoxy) is 2. The van der Waals surface area contributed by atoms with Gasteiger partial charge < -0.3 is 18.9 Å². The lowest BCUT2D eigenvalue weighted by atomic mass is 10.1. The quantitative estimate of drug-likeness (QED) is 0.373. The number of nitrogens with one attached hydrogen (secondary N) is 2. The fraction of sp³-hybridized carbons (Fsp3) is 0.500. The van der Waals surface area contributed by atoms with Gasteiger partial charge in [-0.15, -0.1) is 0 Å². The van der Waals surface area contributed by atoms with E-state index in [-0.39, 0.29) is 0 Å². The number of methoxy groups -OCH3 is 2. The highest BCUT2D eigenvalue weighted by Gasteiger charge is 2.25. The largest absolute Gasteiger partial charge is 0.759 e. The van der Waals surface area contributed by atoms with Crippen LogP contribution in [0.2, 0.25) is 0 Å². The van der Waals surface area contributed by atoms with E-state index in [1.165, 1.54) is 0 Å². The van der Waals surface area contributed by atoms with Crippen molar-refractivity contribution in [1.82, 2.24) is 20.1 Å². The molecule has 9 nitrogen and oxygen atoms in total. The van der Waals surface area contributed by atoms with Crippen molar-refractivity contribution < 1.29 is 18.2 Å². The Morgan fingerprint density at radius 2 is 2.04 bits per heavy atom. The van der Waals surface area contributed by atoms with Gasteiger partial charge in [-0.2, -0.15) is 4.83 Å². The highest BCUT2D eigenvalue weighted by molar-refractivity contribution is 7.76. The Labute approximate surface area is 167 Å². The van der Waals surface area contributed by atoms with E-state index in [1.54, 1.807) is 14.2 Å². The standard InChI is InChI=1S/C18H27N5O4S/c1-13-12-23(9-8-22(13)7-6-20-21-28(24)25)16-4-5-19-15-11-18(27-3)17(26-2)10-14(15)16/h4-5,10-11,13,20-21H,6-9,12H2,1-3H3,(H,24,25)/p-1. The van der Waals surface area contributed by atoms with Crippen LogP contribution in [0, 0.1) is 0 Å². The third kappa shape index (κ3) is 4.70. The smallest absolute Gasteiger partial charge is 0.162 e. The van der Waals surface area contributed by atoms with Gasteiger partial charge in [0.1, 0.15) is 0 Å². The lowest BCUT2D eigenvalue weighted by molar-refractivity contribution is 0.189. The van der Waals surface area contributed by atoms with Crippen LogP contribution in [0.25, 0.3) is 10.9 Å². The van der Waals surface area contributed by atoms with Gasteiger partial charge in [-0.3, -0.25) is 14.1 Å². The van der Waals surface area contributed by atoms with Crippen LogP contribution in [-0.2, 0) is 11.3 Å². The number of benzene rings is 1. The summed E-state index contributed by atoms with van der Waals surface area (Å²) in [7, 11) is 3.25. The van der Waals surface area contributed by atoms with Gasteiger partial charge in [0.25, 0.3) is 0 Å². The van der Waals surface area contributed by atoms with E-state index in [4.69, 9.17) is 9.47 Å². The fourth-order valence-corrected chi connectivity index (χ4v) is 3.81. The molecule has 1 aromatic heterocycles. The number of aromatic nitrogens is 1. The first-order chi connectivity index (χ1) is 13.5. The molecule has 3 rings (SSSR count). The van der Waals surface area contributed by atoms with Crippen LogP contribution in [0.5, 0.6) is 11.5 Å². The first-order valence-electron chi connectivity index (χ1n) is 9.11. The highest BCUT2D eigenvalue weighted by atomic mass is 32.2. The van der Waals surface area contributed by atoms with Crippen LogP contribution in [0.3, 0.4) is 0 Å². The second-order valence-electron chi connectivity index (χ2n) is 6.65. The van der Waals surface area contributed by atoms with Gasteiger partial charge in [0.05, 0.1) is 19.7 Å². The lowest BCUT2D eigenvalue weighted by Crippen LogP contribution is -2.54. The summed E-state index contributed by atoms with van der Waals surface area (Å²) in [5.74, 6) is 1.35. The third-order valence-electron chi connectivity index (χ3n) is 5.01. The number of rotatable bonds is 8. The van der Waals surface area contributed by atoms with Crippen LogP contribution in [0.15, 0.2) is 24.4 Å². The normalized spacial score (nSPS) is 19.0. The minimum absolute atomic E-state index is 0.330. The first kappa shape index (κ1) is 20.7. The van der Waals surface area contributed by atoms with Gasteiger partial charge in [-0.25, -0.2) is 5.43 Å². The molecule has 2 N–H and O–H groups in total. The van der Waals surface area contributed by atoms with Gasteiger partial charge in [-0.05, 0) is 19.1 Å². The Kier molecular flexibility index (Phi) is 7.03. The molecular weight excluding hydrogens is 382 g/mol. The van der Waals surface area contributed by atoms with Crippen molar-refractivity contribution in [3.8, 4) is 11.5 Å². The minimum atomic E-state index is -2.29. The molecule has 0 amide bonds. The van der Waals surface area contributed by atoms with Crippen molar-refractivity contribution in [2.24, 2.45) is 0 Å². The number of anilines is 1. The number of nitrogens with zero attached hydrogens (tertiary/aromatic N) is 3. The van der Waals surface area contributed by atoms with Gasteiger partial charge >= 0.3 is 0 Å². The molecule has 1 aliphatic rings.